The Morgan fingerprint density at radius 3 is 2.90 bits per heavy atom. The number of oxazole rings is 1. The minimum Gasteiger partial charge on any atom is -0.442 e. The predicted molar refractivity (Wildman–Crippen MR) is 128 cm³/mol. The molecule has 0 amide bonds. The van der Waals surface area contributed by atoms with Crippen LogP contribution in [0.3, 0.4) is 0 Å². The number of nitrogens with two attached hydrogens (primary N) is 1. The van der Waals surface area contributed by atoms with Crippen LogP contribution in [0, 0.1) is 22.7 Å². The van der Waals surface area contributed by atoms with E-state index >= 15 is 0 Å². The Morgan fingerprint density at radius 2 is 2.17 bits per heavy atom. The lowest BCUT2D eigenvalue weighted by Crippen LogP contribution is -2.25. The van der Waals surface area contributed by atoms with E-state index in [2.05, 4.69) is 29.4 Å². The van der Waals surface area contributed by atoms with Crippen LogP contribution in [0.2, 0.25) is 0 Å². The minimum absolute atomic E-state index is 0. The maximum atomic E-state index is 9.17. The van der Waals surface area contributed by atoms with Crippen LogP contribution in [0.25, 0.3) is 0 Å². The van der Waals surface area contributed by atoms with Crippen molar-refractivity contribution in [2.45, 2.75) is 25.8 Å². The zero-order chi connectivity index (χ0) is 19.7. The summed E-state index contributed by atoms with van der Waals surface area (Å²) in [5.41, 5.74) is 11.5. The van der Waals surface area contributed by atoms with Gasteiger partial charge in [0.25, 0.3) is 0 Å². The third kappa shape index (κ3) is 4.12. The average Bonchev–Trinajstić information content (AvgIpc) is 3.25. The van der Waals surface area contributed by atoms with Gasteiger partial charge in [-0.2, -0.15) is 5.26 Å². The quantitative estimate of drug-likeness (QED) is 0.251. The first-order valence-corrected chi connectivity index (χ1v) is 9.23. The number of nitrogens with zero attached hydrogens (tertiary/aromatic N) is 2. The summed E-state index contributed by atoms with van der Waals surface area (Å²) < 4.78 is 5.24. The SMILES string of the molecule is C[C@@H]1CCc2cc(C#N)ccc2[C@@H]1Nc1ccc(N)c(C(=N)c2cnco2)c1.I.[HH].[HH]. The van der Waals surface area contributed by atoms with Crippen LogP contribution in [0.4, 0.5) is 11.4 Å². The van der Waals surface area contributed by atoms with Crippen molar-refractivity contribution in [3.63, 3.8) is 0 Å². The zero-order valence-electron chi connectivity index (χ0n) is 16.0. The van der Waals surface area contributed by atoms with Gasteiger partial charge in [0.05, 0.1) is 23.9 Å². The van der Waals surface area contributed by atoms with E-state index in [0.29, 0.717) is 28.5 Å². The number of rotatable bonds is 4. The Morgan fingerprint density at radius 1 is 1.34 bits per heavy atom. The number of anilines is 2. The molecule has 0 spiro atoms. The van der Waals surface area contributed by atoms with Gasteiger partial charge in [0.2, 0.25) is 0 Å². The number of hydrogen-bond donors (Lipinski definition) is 3. The molecule has 0 unspecified atom stereocenters. The molecule has 0 fully saturated rings. The summed E-state index contributed by atoms with van der Waals surface area (Å²) >= 11 is 0. The van der Waals surface area contributed by atoms with Crippen molar-refractivity contribution in [3.05, 3.63) is 77.0 Å². The van der Waals surface area contributed by atoms with E-state index in [0.717, 1.165) is 18.5 Å². The lowest BCUT2D eigenvalue weighted by atomic mass is 9.80. The summed E-state index contributed by atoms with van der Waals surface area (Å²) in [4.78, 5) is 3.88. The Labute approximate surface area is 189 Å². The molecule has 4 rings (SSSR count). The van der Waals surface area contributed by atoms with Gasteiger partial charge in [-0.3, -0.25) is 5.41 Å². The van der Waals surface area contributed by atoms with E-state index in [4.69, 9.17) is 20.8 Å². The second kappa shape index (κ2) is 8.66. The van der Waals surface area contributed by atoms with Gasteiger partial charge >= 0.3 is 0 Å². The van der Waals surface area contributed by atoms with Crippen molar-refractivity contribution in [1.29, 1.82) is 10.7 Å². The molecule has 6 nitrogen and oxygen atoms in total. The first kappa shape index (κ1) is 20.9. The Balaban J connectivity index is 0.00000160. The molecule has 1 aliphatic rings. The fourth-order valence-electron chi connectivity index (χ4n) is 3.79. The fraction of sp³-hybridized carbons (Fsp3) is 0.227. The summed E-state index contributed by atoms with van der Waals surface area (Å²) in [6, 6.07) is 13.9. The van der Waals surface area contributed by atoms with Crippen LogP contribution in [-0.4, -0.2) is 10.7 Å². The molecular weight excluding hydrogens is 477 g/mol. The molecule has 29 heavy (non-hydrogen) atoms. The third-order valence-electron chi connectivity index (χ3n) is 5.37. The normalized spacial score (nSPS) is 17.5. The molecule has 1 aliphatic carbocycles. The van der Waals surface area contributed by atoms with Crippen molar-refractivity contribution in [1.82, 2.24) is 4.98 Å². The van der Waals surface area contributed by atoms with Gasteiger partial charge in [0, 0.05) is 19.8 Å². The van der Waals surface area contributed by atoms with Crippen molar-refractivity contribution in [2.75, 3.05) is 11.1 Å². The number of nitrogen functional groups attached to an aromatic ring is 1. The highest BCUT2D eigenvalue weighted by atomic mass is 127. The zero-order valence-corrected chi connectivity index (χ0v) is 18.3. The van der Waals surface area contributed by atoms with Crippen LogP contribution in [0.15, 0.2) is 53.4 Å². The summed E-state index contributed by atoms with van der Waals surface area (Å²) in [6.45, 7) is 2.23. The highest BCUT2D eigenvalue weighted by molar-refractivity contribution is 14.0. The molecule has 2 aromatic carbocycles. The molecule has 0 bridgehead atoms. The second-order valence-corrected chi connectivity index (χ2v) is 7.21. The third-order valence-corrected chi connectivity index (χ3v) is 5.37. The van der Waals surface area contributed by atoms with E-state index in [1.807, 2.05) is 24.3 Å². The van der Waals surface area contributed by atoms with Crippen molar-refractivity contribution in [2.24, 2.45) is 5.92 Å². The molecule has 3 aromatic rings. The Bertz CT molecular complexity index is 1080. The molecule has 0 saturated carbocycles. The van der Waals surface area contributed by atoms with Crippen LogP contribution in [-0.2, 0) is 6.42 Å². The summed E-state index contributed by atoms with van der Waals surface area (Å²) in [5, 5.41) is 21.2. The number of aromatic nitrogens is 1. The number of aryl methyl sites for hydroxylation is 1. The highest BCUT2D eigenvalue weighted by Crippen LogP contribution is 2.37. The predicted octanol–water partition coefficient (Wildman–Crippen LogP) is 5.39. The molecule has 4 N–H and O–H groups in total. The van der Waals surface area contributed by atoms with Crippen molar-refractivity contribution >= 4 is 41.1 Å². The van der Waals surface area contributed by atoms with E-state index in [1.54, 1.807) is 6.07 Å². The molecule has 7 heteroatoms. The van der Waals surface area contributed by atoms with E-state index in [1.165, 1.54) is 23.7 Å². The summed E-state index contributed by atoms with van der Waals surface area (Å²) in [7, 11) is 0. The van der Waals surface area contributed by atoms with E-state index < -0.39 is 0 Å². The van der Waals surface area contributed by atoms with Gasteiger partial charge in [0.15, 0.2) is 12.2 Å². The van der Waals surface area contributed by atoms with Gasteiger partial charge in [-0.1, -0.05) is 13.0 Å². The van der Waals surface area contributed by atoms with Crippen molar-refractivity contribution in [3.8, 4) is 6.07 Å². The van der Waals surface area contributed by atoms with Crippen LogP contribution >= 0.6 is 24.0 Å². The summed E-state index contributed by atoms with van der Waals surface area (Å²) in [6.07, 6.45) is 4.84. The first-order chi connectivity index (χ1) is 13.6. The monoisotopic (exact) mass is 503 g/mol. The molecule has 0 radical (unpaired) electrons. The molecule has 0 saturated heterocycles. The van der Waals surface area contributed by atoms with E-state index in [9.17, 15) is 0 Å². The molecule has 1 heterocycles. The molecule has 152 valence electrons. The number of fused-ring (bicyclic) bond motifs is 1. The van der Waals surface area contributed by atoms with Crippen LogP contribution in [0.5, 0.6) is 0 Å². The highest BCUT2D eigenvalue weighted by Gasteiger charge is 2.27. The van der Waals surface area contributed by atoms with Gasteiger partial charge in [-0.15, -0.1) is 24.0 Å². The van der Waals surface area contributed by atoms with E-state index in [-0.39, 0.29) is 38.6 Å². The maximum Gasteiger partial charge on any atom is 0.181 e. The smallest absolute Gasteiger partial charge is 0.181 e. The first-order valence-electron chi connectivity index (χ1n) is 9.23. The maximum absolute atomic E-state index is 9.17. The minimum atomic E-state index is 0. The van der Waals surface area contributed by atoms with Gasteiger partial charge in [-0.25, -0.2) is 4.98 Å². The summed E-state index contributed by atoms with van der Waals surface area (Å²) in [5.74, 6) is 0.819. The molecule has 0 aliphatic heterocycles. The van der Waals surface area contributed by atoms with Gasteiger partial charge < -0.3 is 15.5 Å². The number of hydrogen-bond acceptors (Lipinski definition) is 6. The lowest BCUT2D eigenvalue weighted by molar-refractivity contribution is 0.434. The van der Waals surface area contributed by atoms with Crippen molar-refractivity contribution < 1.29 is 7.27 Å². The standard InChI is InChI=1S/C22H21N5O.HI.2H2/c1-13-2-4-15-8-14(10-23)3-6-17(15)22(13)27-16-5-7-19(24)18(9-16)21(25)20-11-26-12-28-20;;;/h3,5-9,11-13,22,25,27H,2,4,24H2,1H3;3*1H/t13-,22-;;;/m1.../s1. The van der Waals surface area contributed by atoms with Crippen LogP contribution < -0.4 is 11.1 Å². The molecule has 1 aromatic heterocycles. The van der Waals surface area contributed by atoms with Crippen LogP contribution in [0.1, 0.15) is 50.3 Å². The molecular formula is C22H26IN5O. The Kier molecular flexibility index (Phi) is 6.23. The van der Waals surface area contributed by atoms with Gasteiger partial charge in [0.1, 0.15) is 5.71 Å². The number of nitriles is 1. The lowest BCUT2D eigenvalue weighted by Gasteiger charge is -2.33. The number of halogens is 1. The number of nitrogens with one attached hydrogen (secondary N) is 2. The molecule has 2 atom stereocenters. The number of benzene rings is 2. The second-order valence-electron chi connectivity index (χ2n) is 7.21. The fourth-order valence-corrected chi connectivity index (χ4v) is 3.79. The Hall–Kier alpha value is -2.86. The largest absolute Gasteiger partial charge is 0.442 e. The topological polar surface area (TPSA) is 112 Å². The van der Waals surface area contributed by atoms with Gasteiger partial charge in [-0.05, 0) is 60.2 Å². The average molecular weight is 503 g/mol.